The Labute approximate surface area is 108 Å². The Hall–Kier alpha value is -1.51. The second-order valence-electron chi connectivity index (χ2n) is 3.11. The minimum absolute atomic E-state index is 0.148. The van der Waals surface area contributed by atoms with Crippen LogP contribution < -0.4 is 10.1 Å². The summed E-state index contributed by atoms with van der Waals surface area (Å²) in [6.45, 7) is 1.49. The van der Waals surface area contributed by atoms with Crippen LogP contribution in [0.15, 0.2) is 10.7 Å². The lowest BCUT2D eigenvalue weighted by molar-refractivity contribution is -0.275. The van der Waals surface area contributed by atoms with Gasteiger partial charge in [-0.05, 0) is 34.5 Å². The summed E-state index contributed by atoms with van der Waals surface area (Å²) in [5.74, 6) is -0.764. The molecule has 0 fully saturated rings. The van der Waals surface area contributed by atoms with Gasteiger partial charge < -0.3 is 9.47 Å². The van der Waals surface area contributed by atoms with Crippen LogP contribution in [-0.4, -0.2) is 24.5 Å². The Morgan fingerprint density at radius 3 is 2.61 bits per heavy atom. The maximum atomic E-state index is 12.2. The SMILES string of the molecule is COC(=O)Nc1c(C)cc(Br)nc1OC(F)(F)F. The molecule has 0 aliphatic heterocycles. The summed E-state index contributed by atoms with van der Waals surface area (Å²) in [4.78, 5) is 14.5. The Balaban J connectivity index is 3.16. The molecule has 0 spiro atoms. The molecule has 0 aliphatic rings. The van der Waals surface area contributed by atoms with E-state index in [0.29, 0.717) is 5.56 Å². The van der Waals surface area contributed by atoms with Crippen LogP contribution in [-0.2, 0) is 4.74 Å². The van der Waals surface area contributed by atoms with Gasteiger partial charge in [0.1, 0.15) is 10.3 Å². The van der Waals surface area contributed by atoms with Gasteiger partial charge >= 0.3 is 12.5 Å². The number of rotatable bonds is 2. The molecule has 0 saturated heterocycles. The zero-order valence-electron chi connectivity index (χ0n) is 9.26. The number of carbonyl (C=O) groups excluding carboxylic acids is 1. The van der Waals surface area contributed by atoms with Crippen molar-refractivity contribution in [2.45, 2.75) is 13.3 Å². The number of hydrogen-bond acceptors (Lipinski definition) is 4. The molecule has 1 aromatic heterocycles. The van der Waals surface area contributed by atoms with E-state index in [4.69, 9.17) is 0 Å². The van der Waals surface area contributed by atoms with Gasteiger partial charge in [0.2, 0.25) is 5.88 Å². The normalized spacial score (nSPS) is 11.0. The molecule has 1 N–H and O–H groups in total. The van der Waals surface area contributed by atoms with E-state index in [2.05, 4.69) is 35.7 Å². The molecule has 0 atom stereocenters. The van der Waals surface area contributed by atoms with E-state index in [-0.39, 0.29) is 10.3 Å². The number of hydrogen-bond donors (Lipinski definition) is 1. The summed E-state index contributed by atoms with van der Waals surface area (Å²) < 4.78 is 44.7. The molecular weight excluding hydrogens is 321 g/mol. The smallest absolute Gasteiger partial charge is 0.453 e. The molecule has 9 heteroatoms. The first-order valence-corrected chi connectivity index (χ1v) is 5.30. The molecule has 1 rings (SSSR count). The number of alkyl halides is 3. The first-order valence-electron chi connectivity index (χ1n) is 4.51. The molecule has 18 heavy (non-hydrogen) atoms. The van der Waals surface area contributed by atoms with Crippen molar-refractivity contribution in [1.82, 2.24) is 4.98 Å². The fourth-order valence-electron chi connectivity index (χ4n) is 1.09. The van der Waals surface area contributed by atoms with Crippen LogP contribution in [0.4, 0.5) is 23.7 Å². The number of methoxy groups -OCH3 is 1. The third-order valence-electron chi connectivity index (χ3n) is 1.78. The Kier molecular flexibility index (Phi) is 4.38. The van der Waals surface area contributed by atoms with Crippen LogP contribution in [0.25, 0.3) is 0 Å². The van der Waals surface area contributed by atoms with Gasteiger partial charge in [-0.15, -0.1) is 13.2 Å². The Morgan fingerprint density at radius 2 is 2.11 bits per heavy atom. The van der Waals surface area contributed by atoms with Gasteiger partial charge in [0.15, 0.2) is 0 Å². The molecule has 1 aromatic rings. The molecule has 100 valence electrons. The lowest BCUT2D eigenvalue weighted by Crippen LogP contribution is -2.21. The van der Waals surface area contributed by atoms with Gasteiger partial charge in [0.25, 0.3) is 0 Å². The molecule has 0 unspecified atom stereocenters. The fourth-order valence-corrected chi connectivity index (χ4v) is 1.60. The number of aromatic nitrogens is 1. The number of pyridine rings is 1. The number of anilines is 1. The highest BCUT2D eigenvalue weighted by molar-refractivity contribution is 9.10. The van der Waals surface area contributed by atoms with E-state index in [1.807, 2.05) is 0 Å². The van der Waals surface area contributed by atoms with Gasteiger partial charge in [-0.3, -0.25) is 5.32 Å². The third kappa shape index (κ3) is 4.06. The zero-order chi connectivity index (χ0) is 13.9. The average molecular weight is 329 g/mol. The second kappa shape index (κ2) is 5.42. The minimum atomic E-state index is -4.91. The summed E-state index contributed by atoms with van der Waals surface area (Å²) in [5.41, 5.74) is 0.129. The lowest BCUT2D eigenvalue weighted by Gasteiger charge is -2.14. The summed E-state index contributed by atoms with van der Waals surface area (Å²) in [6.07, 6.45) is -5.83. The van der Waals surface area contributed by atoms with E-state index >= 15 is 0 Å². The van der Waals surface area contributed by atoms with E-state index in [0.717, 1.165) is 7.11 Å². The molecular formula is C9H8BrF3N2O3. The van der Waals surface area contributed by atoms with Gasteiger partial charge in [-0.2, -0.15) is 0 Å². The first-order chi connectivity index (χ1) is 8.23. The second-order valence-corrected chi connectivity index (χ2v) is 3.92. The minimum Gasteiger partial charge on any atom is -0.453 e. The molecule has 0 aliphatic carbocycles. The molecule has 0 aromatic carbocycles. The van der Waals surface area contributed by atoms with Crippen molar-refractivity contribution in [2.75, 3.05) is 12.4 Å². The standard InChI is InChI=1S/C9H8BrF3N2O3/c1-4-3-5(10)14-7(18-9(11,12)13)6(4)15-8(16)17-2/h3H,1-2H3,(H,15,16). The number of carbonyl (C=O) groups is 1. The summed E-state index contributed by atoms with van der Waals surface area (Å²) in [5, 5.41) is 2.11. The van der Waals surface area contributed by atoms with Gasteiger partial charge in [0, 0.05) is 0 Å². The maximum absolute atomic E-state index is 12.2. The molecule has 5 nitrogen and oxygen atoms in total. The summed E-state index contributed by atoms with van der Waals surface area (Å²) >= 11 is 2.94. The lowest BCUT2D eigenvalue weighted by atomic mass is 10.2. The van der Waals surface area contributed by atoms with Crippen molar-refractivity contribution in [3.05, 3.63) is 16.2 Å². The largest absolute Gasteiger partial charge is 0.574 e. The number of halogens is 4. The van der Waals surface area contributed by atoms with Crippen LogP contribution >= 0.6 is 15.9 Å². The van der Waals surface area contributed by atoms with Crippen molar-refractivity contribution < 1.29 is 27.4 Å². The van der Waals surface area contributed by atoms with Crippen LogP contribution in [0.1, 0.15) is 5.56 Å². The predicted octanol–water partition coefficient (Wildman–Crippen LogP) is 3.23. The van der Waals surface area contributed by atoms with Crippen LogP contribution in [0.2, 0.25) is 0 Å². The monoisotopic (exact) mass is 328 g/mol. The highest BCUT2D eigenvalue weighted by Gasteiger charge is 2.33. The van der Waals surface area contributed by atoms with E-state index < -0.39 is 18.3 Å². The highest BCUT2D eigenvalue weighted by Crippen LogP contribution is 2.32. The predicted molar refractivity (Wildman–Crippen MR) is 59.4 cm³/mol. The first kappa shape index (κ1) is 14.6. The molecule has 1 heterocycles. The number of amides is 1. The van der Waals surface area contributed by atoms with Gasteiger partial charge in [-0.25, -0.2) is 9.78 Å². The van der Waals surface area contributed by atoms with Gasteiger partial charge in [0.05, 0.1) is 7.11 Å². The topological polar surface area (TPSA) is 60.5 Å². The maximum Gasteiger partial charge on any atom is 0.574 e. The average Bonchev–Trinajstić information content (AvgIpc) is 2.20. The van der Waals surface area contributed by atoms with E-state index in [9.17, 15) is 18.0 Å². The van der Waals surface area contributed by atoms with Crippen molar-refractivity contribution in [3.63, 3.8) is 0 Å². The fraction of sp³-hybridized carbons (Fsp3) is 0.333. The molecule has 1 amide bonds. The number of ether oxygens (including phenoxy) is 2. The van der Waals surface area contributed by atoms with Crippen LogP contribution in [0, 0.1) is 6.92 Å². The number of nitrogens with one attached hydrogen (secondary N) is 1. The Morgan fingerprint density at radius 1 is 1.50 bits per heavy atom. The number of nitrogens with zero attached hydrogens (tertiary/aromatic N) is 1. The Bertz CT molecular complexity index is 465. The summed E-state index contributed by atoms with van der Waals surface area (Å²) in [6, 6.07) is 1.43. The van der Waals surface area contributed by atoms with E-state index in [1.54, 1.807) is 0 Å². The van der Waals surface area contributed by atoms with E-state index in [1.165, 1.54) is 13.0 Å². The van der Waals surface area contributed by atoms with Crippen LogP contribution in [0.3, 0.4) is 0 Å². The molecule has 0 bridgehead atoms. The highest BCUT2D eigenvalue weighted by atomic mass is 79.9. The molecule has 0 radical (unpaired) electrons. The van der Waals surface area contributed by atoms with Crippen molar-refractivity contribution in [3.8, 4) is 5.88 Å². The quantitative estimate of drug-likeness (QED) is 0.847. The third-order valence-corrected chi connectivity index (χ3v) is 2.18. The van der Waals surface area contributed by atoms with Crippen molar-refractivity contribution in [1.29, 1.82) is 0 Å². The van der Waals surface area contributed by atoms with Crippen molar-refractivity contribution in [2.24, 2.45) is 0 Å². The molecule has 0 saturated carbocycles. The van der Waals surface area contributed by atoms with Crippen LogP contribution in [0.5, 0.6) is 5.88 Å². The van der Waals surface area contributed by atoms with Crippen molar-refractivity contribution >= 4 is 27.7 Å². The zero-order valence-corrected chi connectivity index (χ0v) is 10.8. The van der Waals surface area contributed by atoms with Gasteiger partial charge in [-0.1, -0.05) is 0 Å². The number of aryl methyl sites for hydroxylation is 1. The summed E-state index contributed by atoms with van der Waals surface area (Å²) in [7, 11) is 1.08.